The zero-order valence-corrected chi connectivity index (χ0v) is 11.1. The molecule has 0 aromatic carbocycles. The fourth-order valence-corrected chi connectivity index (χ4v) is 1.91. The molecule has 0 unspecified atom stereocenters. The summed E-state index contributed by atoms with van der Waals surface area (Å²) in [6.07, 6.45) is 5.84. The van der Waals surface area contributed by atoms with Crippen LogP contribution in [-0.4, -0.2) is 14.2 Å². The lowest BCUT2D eigenvalue weighted by molar-refractivity contribution is 0.547. The van der Waals surface area contributed by atoms with Crippen LogP contribution in [0.5, 0.6) is 0 Å². The molecular formula is C11H21NOSi. The average Bonchev–Trinajstić information content (AvgIpc) is 1.98. The number of hydrogen-bond donors (Lipinski definition) is 0. The van der Waals surface area contributed by atoms with Crippen molar-refractivity contribution in [2.24, 2.45) is 4.99 Å². The first-order valence-electron chi connectivity index (χ1n) is 4.88. The number of aliphatic imine (C=N–C) groups is 1. The maximum atomic E-state index is 5.69. The van der Waals surface area contributed by atoms with E-state index in [-0.39, 0.29) is 0 Å². The lowest BCUT2D eigenvalue weighted by Gasteiger charge is -2.17. The standard InChI is InChI=1S/C11H21NOSi/c1-7-8-10(2)9-12-11(3)13-14(4,5)6/h7-9H,1-6H3. The molecule has 0 N–H and O–H groups in total. The highest BCUT2D eigenvalue weighted by atomic mass is 28.4. The third-order valence-corrected chi connectivity index (χ3v) is 2.24. The van der Waals surface area contributed by atoms with Crippen LogP contribution in [0.15, 0.2) is 28.9 Å². The second-order valence-electron chi connectivity index (χ2n) is 4.24. The van der Waals surface area contributed by atoms with Crippen LogP contribution in [0.3, 0.4) is 0 Å². The number of allylic oxidation sites excluding steroid dienone is 3. The van der Waals surface area contributed by atoms with Gasteiger partial charge in [-0.25, -0.2) is 4.99 Å². The van der Waals surface area contributed by atoms with Crippen LogP contribution in [0.25, 0.3) is 0 Å². The monoisotopic (exact) mass is 211 g/mol. The fraction of sp³-hybridized carbons (Fsp3) is 0.545. The van der Waals surface area contributed by atoms with E-state index in [1.165, 1.54) is 0 Å². The molecule has 0 spiro atoms. The number of hydrogen-bond acceptors (Lipinski definition) is 2. The van der Waals surface area contributed by atoms with Crippen LogP contribution in [-0.2, 0) is 4.43 Å². The Bertz CT molecular complexity index is 259. The lowest BCUT2D eigenvalue weighted by atomic mass is 10.3. The Morgan fingerprint density at radius 1 is 1.21 bits per heavy atom. The first kappa shape index (κ1) is 13.2. The second-order valence-corrected chi connectivity index (χ2v) is 8.66. The third kappa shape index (κ3) is 7.80. The van der Waals surface area contributed by atoms with E-state index in [4.69, 9.17) is 4.43 Å². The predicted octanol–water partition coefficient (Wildman–Crippen LogP) is 3.74. The normalized spacial score (nSPS) is 15.0. The van der Waals surface area contributed by atoms with Gasteiger partial charge < -0.3 is 4.43 Å². The zero-order valence-electron chi connectivity index (χ0n) is 10.1. The Kier molecular flexibility index (Phi) is 5.46. The molecule has 0 saturated heterocycles. The summed E-state index contributed by atoms with van der Waals surface area (Å²) in [5.41, 5.74) is 1.13. The van der Waals surface area contributed by atoms with Crippen LogP contribution >= 0.6 is 0 Å². The maximum absolute atomic E-state index is 5.69. The largest absolute Gasteiger partial charge is 0.535 e. The van der Waals surface area contributed by atoms with Crippen molar-refractivity contribution in [3.8, 4) is 0 Å². The molecule has 0 aromatic heterocycles. The summed E-state index contributed by atoms with van der Waals surface area (Å²) < 4.78 is 5.69. The molecule has 0 aromatic rings. The van der Waals surface area contributed by atoms with Gasteiger partial charge in [0.15, 0.2) is 5.90 Å². The van der Waals surface area contributed by atoms with Crippen molar-refractivity contribution >= 4 is 14.2 Å². The molecule has 3 heteroatoms. The molecule has 0 amide bonds. The van der Waals surface area contributed by atoms with Crippen molar-refractivity contribution in [1.82, 2.24) is 0 Å². The molecule has 0 fully saturated rings. The van der Waals surface area contributed by atoms with Crippen molar-refractivity contribution < 1.29 is 4.43 Å². The Balaban J connectivity index is 4.32. The van der Waals surface area contributed by atoms with E-state index in [9.17, 15) is 0 Å². The van der Waals surface area contributed by atoms with E-state index in [0.29, 0.717) is 0 Å². The molecular weight excluding hydrogens is 190 g/mol. The highest BCUT2D eigenvalue weighted by Crippen LogP contribution is 2.04. The quantitative estimate of drug-likeness (QED) is 0.302. The zero-order chi connectivity index (χ0) is 11.2. The first-order valence-corrected chi connectivity index (χ1v) is 8.29. The van der Waals surface area contributed by atoms with Gasteiger partial charge in [0.25, 0.3) is 0 Å². The molecule has 80 valence electrons. The van der Waals surface area contributed by atoms with Crippen molar-refractivity contribution in [2.45, 2.75) is 40.4 Å². The molecule has 0 atom stereocenters. The summed E-state index contributed by atoms with van der Waals surface area (Å²) in [7, 11) is -1.49. The summed E-state index contributed by atoms with van der Waals surface area (Å²) in [6, 6.07) is 0. The molecule has 0 aliphatic rings. The van der Waals surface area contributed by atoms with Gasteiger partial charge in [-0.15, -0.1) is 0 Å². The fourth-order valence-electron chi connectivity index (χ4n) is 0.968. The van der Waals surface area contributed by atoms with Crippen LogP contribution in [0.4, 0.5) is 0 Å². The van der Waals surface area contributed by atoms with E-state index < -0.39 is 8.32 Å². The SMILES string of the molecule is CC=CC(C)=CN=C(C)O[Si](C)(C)C. The van der Waals surface area contributed by atoms with Gasteiger partial charge in [0.1, 0.15) is 0 Å². The molecule has 0 aliphatic heterocycles. The van der Waals surface area contributed by atoms with Crippen LogP contribution in [0.2, 0.25) is 19.6 Å². The highest BCUT2D eigenvalue weighted by Gasteiger charge is 2.15. The van der Waals surface area contributed by atoms with Crippen LogP contribution in [0.1, 0.15) is 20.8 Å². The summed E-state index contributed by atoms with van der Waals surface area (Å²) in [5, 5.41) is 0. The van der Waals surface area contributed by atoms with Crippen molar-refractivity contribution in [2.75, 3.05) is 0 Å². The summed E-state index contributed by atoms with van der Waals surface area (Å²) in [4.78, 5) is 4.24. The average molecular weight is 211 g/mol. The van der Waals surface area contributed by atoms with Gasteiger partial charge in [0, 0.05) is 13.1 Å². The first-order chi connectivity index (χ1) is 6.35. The van der Waals surface area contributed by atoms with Gasteiger partial charge in [0.2, 0.25) is 8.32 Å². The van der Waals surface area contributed by atoms with Crippen molar-refractivity contribution in [3.05, 3.63) is 23.9 Å². The maximum Gasteiger partial charge on any atom is 0.243 e. The molecule has 0 saturated carbocycles. The van der Waals surface area contributed by atoms with Gasteiger partial charge in [0.05, 0.1) is 0 Å². The number of rotatable bonds is 3. The van der Waals surface area contributed by atoms with Crippen molar-refractivity contribution in [3.63, 3.8) is 0 Å². The number of nitrogens with zero attached hydrogens (tertiary/aromatic N) is 1. The van der Waals surface area contributed by atoms with Crippen molar-refractivity contribution in [1.29, 1.82) is 0 Å². The van der Waals surface area contributed by atoms with Gasteiger partial charge in [-0.2, -0.15) is 0 Å². The summed E-state index contributed by atoms with van der Waals surface area (Å²) in [6.45, 7) is 12.4. The Morgan fingerprint density at radius 2 is 1.79 bits per heavy atom. The molecule has 0 heterocycles. The van der Waals surface area contributed by atoms with Gasteiger partial charge in [-0.05, 0) is 39.1 Å². The topological polar surface area (TPSA) is 21.6 Å². The van der Waals surface area contributed by atoms with Crippen LogP contribution < -0.4 is 0 Å². The molecule has 2 nitrogen and oxygen atoms in total. The van der Waals surface area contributed by atoms with Gasteiger partial charge in [-0.1, -0.05) is 12.2 Å². The molecule has 0 rings (SSSR count). The lowest BCUT2D eigenvalue weighted by Crippen LogP contribution is -2.27. The Labute approximate surface area is 88.5 Å². The van der Waals surface area contributed by atoms with E-state index in [1.54, 1.807) is 0 Å². The molecule has 0 radical (unpaired) electrons. The van der Waals surface area contributed by atoms with E-state index in [1.807, 2.05) is 39.1 Å². The Morgan fingerprint density at radius 3 is 2.21 bits per heavy atom. The molecule has 0 aliphatic carbocycles. The minimum atomic E-state index is -1.49. The second kappa shape index (κ2) is 5.80. The minimum Gasteiger partial charge on any atom is -0.535 e. The molecule has 14 heavy (non-hydrogen) atoms. The van der Waals surface area contributed by atoms with E-state index >= 15 is 0 Å². The predicted molar refractivity (Wildman–Crippen MR) is 66.1 cm³/mol. The van der Waals surface area contributed by atoms with E-state index in [0.717, 1.165) is 11.5 Å². The summed E-state index contributed by atoms with van der Waals surface area (Å²) in [5.74, 6) is 0.757. The third-order valence-electron chi connectivity index (χ3n) is 1.33. The summed E-state index contributed by atoms with van der Waals surface area (Å²) >= 11 is 0. The van der Waals surface area contributed by atoms with Gasteiger partial charge in [-0.3, -0.25) is 0 Å². The van der Waals surface area contributed by atoms with Gasteiger partial charge >= 0.3 is 0 Å². The highest BCUT2D eigenvalue weighted by molar-refractivity contribution is 6.71. The van der Waals surface area contributed by atoms with E-state index in [2.05, 4.69) is 24.6 Å². The molecule has 0 bridgehead atoms. The smallest absolute Gasteiger partial charge is 0.243 e. The van der Waals surface area contributed by atoms with Crippen LogP contribution in [0, 0.1) is 0 Å². The Hall–Kier alpha value is -0.833. The minimum absolute atomic E-state index is 0.757.